The van der Waals surface area contributed by atoms with Crippen LogP contribution in [0, 0.1) is 0 Å². The van der Waals surface area contributed by atoms with Gasteiger partial charge in [-0.15, -0.1) is 11.8 Å². The third-order valence-electron chi connectivity index (χ3n) is 2.38. The van der Waals surface area contributed by atoms with Crippen molar-refractivity contribution in [2.75, 3.05) is 19.0 Å². The second kappa shape index (κ2) is 4.17. The van der Waals surface area contributed by atoms with Gasteiger partial charge in [-0.3, -0.25) is 0 Å². The highest BCUT2D eigenvalue weighted by Crippen LogP contribution is 2.36. The summed E-state index contributed by atoms with van der Waals surface area (Å²) in [5.41, 5.74) is 1.27. The molecule has 0 aliphatic carbocycles. The molecule has 0 saturated carbocycles. The van der Waals surface area contributed by atoms with E-state index in [1.165, 1.54) is 10.5 Å². The van der Waals surface area contributed by atoms with Crippen LogP contribution in [0.5, 0.6) is 0 Å². The zero-order chi connectivity index (χ0) is 10.0. The molecule has 3 heteroatoms. The molecule has 1 aliphatic rings. The molecule has 1 nitrogen and oxygen atoms in total. The molecule has 1 saturated heterocycles. The monoisotopic (exact) mass is 226 g/mol. The van der Waals surface area contributed by atoms with Crippen LogP contribution in [0.1, 0.15) is 12.5 Å². The van der Waals surface area contributed by atoms with Gasteiger partial charge in [0, 0.05) is 4.90 Å². The third-order valence-corrected chi connectivity index (χ3v) is 3.79. The summed E-state index contributed by atoms with van der Waals surface area (Å²) < 4.78 is 5.16. The van der Waals surface area contributed by atoms with Gasteiger partial charge in [0.05, 0.1) is 18.0 Å². The molecule has 1 fully saturated rings. The quantitative estimate of drug-likeness (QED) is 0.627. The first-order valence-electron chi connectivity index (χ1n) is 4.78. The van der Waals surface area contributed by atoms with E-state index in [1.54, 1.807) is 0 Å². The molecule has 0 amide bonds. The lowest BCUT2D eigenvalue weighted by atomic mass is 9.96. The Morgan fingerprint density at radius 1 is 1.36 bits per heavy atom. The molecule has 1 aliphatic heterocycles. The maximum atomic E-state index is 5.19. The zero-order valence-corrected chi connectivity index (χ0v) is 9.91. The highest BCUT2D eigenvalue weighted by atomic mass is 32.2. The van der Waals surface area contributed by atoms with Gasteiger partial charge in [0.2, 0.25) is 0 Å². The Balaban J connectivity index is 2.13. The minimum atomic E-state index is -0.0323. The van der Waals surface area contributed by atoms with E-state index in [4.69, 9.17) is 4.74 Å². The van der Waals surface area contributed by atoms with E-state index in [9.17, 15) is 0 Å². The van der Waals surface area contributed by atoms with Crippen LogP contribution in [-0.2, 0) is 9.48 Å². The molecular weight excluding hydrogens is 212 g/mol. The number of rotatable bonds is 3. The summed E-state index contributed by atoms with van der Waals surface area (Å²) in [6.45, 7) is 3.63. The Hall–Kier alpha value is -0.120. The Morgan fingerprint density at radius 2 is 2.00 bits per heavy atom. The van der Waals surface area contributed by atoms with Crippen molar-refractivity contribution >= 4 is 24.4 Å². The van der Waals surface area contributed by atoms with E-state index in [0.717, 1.165) is 19.0 Å². The van der Waals surface area contributed by atoms with Crippen molar-refractivity contribution in [2.45, 2.75) is 16.6 Å². The molecule has 1 heterocycles. The molecule has 0 atom stereocenters. The predicted molar refractivity (Wildman–Crippen MR) is 64.3 cm³/mol. The standard InChI is InChI=1S/C11H14OS2/c1-2-14-10-5-3-9(4-6-10)11(13)7-12-8-11/h3-6,13H,2,7-8H2,1H3. The van der Waals surface area contributed by atoms with Crippen LogP contribution in [0.2, 0.25) is 0 Å². The van der Waals surface area contributed by atoms with Crippen molar-refractivity contribution in [3.8, 4) is 0 Å². The maximum Gasteiger partial charge on any atom is 0.0844 e. The molecule has 76 valence electrons. The first kappa shape index (κ1) is 10.4. The first-order valence-corrected chi connectivity index (χ1v) is 6.21. The summed E-state index contributed by atoms with van der Waals surface area (Å²) >= 11 is 6.48. The molecule has 2 rings (SSSR count). The van der Waals surface area contributed by atoms with Gasteiger partial charge < -0.3 is 4.74 Å². The number of hydrogen-bond acceptors (Lipinski definition) is 3. The van der Waals surface area contributed by atoms with Gasteiger partial charge in [-0.25, -0.2) is 0 Å². The van der Waals surface area contributed by atoms with Crippen LogP contribution < -0.4 is 0 Å². The molecule has 1 aromatic rings. The number of ether oxygens (including phenoxy) is 1. The van der Waals surface area contributed by atoms with E-state index in [2.05, 4.69) is 43.8 Å². The average Bonchev–Trinajstić information content (AvgIpc) is 2.16. The van der Waals surface area contributed by atoms with Gasteiger partial charge in [-0.1, -0.05) is 19.1 Å². The Bertz CT molecular complexity index is 304. The Morgan fingerprint density at radius 3 is 2.43 bits per heavy atom. The molecule has 0 radical (unpaired) electrons. The van der Waals surface area contributed by atoms with Crippen LogP contribution in [0.4, 0.5) is 0 Å². The normalized spacial score (nSPS) is 19.0. The second-order valence-electron chi connectivity index (χ2n) is 3.48. The van der Waals surface area contributed by atoms with E-state index in [-0.39, 0.29) is 4.75 Å². The van der Waals surface area contributed by atoms with Gasteiger partial charge in [0.1, 0.15) is 0 Å². The van der Waals surface area contributed by atoms with Crippen molar-refractivity contribution in [2.24, 2.45) is 0 Å². The summed E-state index contributed by atoms with van der Waals surface area (Å²) in [5, 5.41) is 0. The molecule has 0 spiro atoms. The van der Waals surface area contributed by atoms with Gasteiger partial charge in [0.15, 0.2) is 0 Å². The van der Waals surface area contributed by atoms with Gasteiger partial charge >= 0.3 is 0 Å². The van der Waals surface area contributed by atoms with Gasteiger partial charge in [-0.05, 0) is 23.4 Å². The largest absolute Gasteiger partial charge is 0.378 e. The molecule has 0 aromatic heterocycles. The fourth-order valence-corrected chi connectivity index (χ4v) is 2.48. The molecule has 0 bridgehead atoms. The summed E-state index contributed by atoms with van der Waals surface area (Å²) in [6.07, 6.45) is 0. The fourth-order valence-electron chi connectivity index (χ4n) is 1.49. The predicted octanol–water partition coefficient (Wildman–Crippen LogP) is 2.95. The molecule has 0 N–H and O–H groups in total. The number of thiol groups is 1. The smallest absolute Gasteiger partial charge is 0.0844 e. The van der Waals surface area contributed by atoms with Crippen LogP contribution in [-0.4, -0.2) is 19.0 Å². The van der Waals surface area contributed by atoms with E-state index in [1.807, 2.05) is 11.8 Å². The molecule has 0 unspecified atom stereocenters. The number of thioether (sulfide) groups is 1. The minimum absolute atomic E-state index is 0.0323. The Kier molecular flexibility index (Phi) is 3.10. The summed E-state index contributed by atoms with van der Waals surface area (Å²) in [5.74, 6) is 1.12. The first-order chi connectivity index (χ1) is 6.74. The van der Waals surface area contributed by atoms with Gasteiger partial charge in [0.25, 0.3) is 0 Å². The van der Waals surface area contributed by atoms with E-state index < -0.39 is 0 Å². The van der Waals surface area contributed by atoms with E-state index >= 15 is 0 Å². The van der Waals surface area contributed by atoms with Crippen LogP contribution in [0.25, 0.3) is 0 Å². The van der Waals surface area contributed by atoms with Crippen LogP contribution in [0.3, 0.4) is 0 Å². The van der Waals surface area contributed by atoms with Crippen LogP contribution in [0.15, 0.2) is 29.2 Å². The number of hydrogen-bond donors (Lipinski definition) is 1. The van der Waals surface area contributed by atoms with Crippen molar-refractivity contribution in [1.29, 1.82) is 0 Å². The van der Waals surface area contributed by atoms with E-state index in [0.29, 0.717) is 0 Å². The lowest BCUT2D eigenvalue weighted by Crippen LogP contribution is -2.41. The lowest BCUT2D eigenvalue weighted by Gasteiger charge is -2.37. The van der Waals surface area contributed by atoms with Crippen molar-refractivity contribution in [3.63, 3.8) is 0 Å². The highest BCUT2D eigenvalue weighted by Gasteiger charge is 2.36. The van der Waals surface area contributed by atoms with Crippen molar-refractivity contribution < 1.29 is 4.74 Å². The highest BCUT2D eigenvalue weighted by molar-refractivity contribution is 7.99. The average molecular weight is 226 g/mol. The molecule has 1 aromatic carbocycles. The summed E-state index contributed by atoms with van der Waals surface area (Å²) in [7, 11) is 0. The SMILES string of the molecule is CCSc1ccc(C2(S)COC2)cc1. The lowest BCUT2D eigenvalue weighted by molar-refractivity contribution is -0.00970. The Labute approximate surface area is 94.6 Å². The molecular formula is C11H14OS2. The third kappa shape index (κ3) is 1.95. The minimum Gasteiger partial charge on any atom is -0.378 e. The van der Waals surface area contributed by atoms with Crippen molar-refractivity contribution in [3.05, 3.63) is 29.8 Å². The van der Waals surface area contributed by atoms with Crippen molar-refractivity contribution in [1.82, 2.24) is 0 Å². The fraction of sp³-hybridized carbons (Fsp3) is 0.455. The zero-order valence-electron chi connectivity index (χ0n) is 8.19. The maximum absolute atomic E-state index is 5.19. The van der Waals surface area contributed by atoms with Gasteiger partial charge in [-0.2, -0.15) is 12.6 Å². The second-order valence-corrected chi connectivity index (χ2v) is 5.68. The summed E-state index contributed by atoms with van der Waals surface area (Å²) in [6, 6.07) is 8.65. The molecule has 14 heavy (non-hydrogen) atoms. The summed E-state index contributed by atoms with van der Waals surface area (Å²) in [4.78, 5) is 1.33. The topological polar surface area (TPSA) is 9.23 Å². The van der Waals surface area contributed by atoms with Crippen LogP contribution >= 0.6 is 24.4 Å². The number of benzene rings is 1.